The Morgan fingerprint density at radius 3 is 2.68 bits per heavy atom. The Kier molecular flexibility index (Phi) is 4.61. The molecule has 3 nitrogen and oxygen atoms in total. The summed E-state index contributed by atoms with van der Waals surface area (Å²) in [5.41, 5.74) is 7.33. The molecule has 5 heteroatoms. The molecule has 0 fully saturated rings. The van der Waals surface area contributed by atoms with Crippen molar-refractivity contribution in [1.82, 2.24) is 0 Å². The van der Waals surface area contributed by atoms with Gasteiger partial charge in [0, 0.05) is 15.7 Å². The second kappa shape index (κ2) is 6.21. The van der Waals surface area contributed by atoms with E-state index in [9.17, 15) is 4.21 Å². The van der Waals surface area contributed by atoms with Gasteiger partial charge in [-0.2, -0.15) is 0 Å². The monoisotopic (exact) mass is 339 g/mol. The molecule has 0 saturated heterocycles. The molecule has 0 aliphatic heterocycles. The van der Waals surface area contributed by atoms with E-state index in [0.29, 0.717) is 16.3 Å². The zero-order chi connectivity index (χ0) is 13.8. The minimum Gasteiger partial charge on any atom is -0.496 e. The largest absolute Gasteiger partial charge is 0.496 e. The fourth-order valence-electron chi connectivity index (χ4n) is 1.77. The smallest absolute Gasteiger partial charge is 0.122 e. The van der Waals surface area contributed by atoms with Crippen molar-refractivity contribution in [2.45, 2.75) is 10.6 Å². The molecule has 0 aliphatic carbocycles. The lowest BCUT2D eigenvalue weighted by molar-refractivity contribution is 0.411. The number of benzene rings is 2. The Hall–Kier alpha value is -1.33. The van der Waals surface area contributed by atoms with Crippen molar-refractivity contribution in [3.8, 4) is 5.75 Å². The summed E-state index contributed by atoms with van der Waals surface area (Å²) in [6, 6.07) is 12.9. The van der Waals surface area contributed by atoms with Gasteiger partial charge in [0.1, 0.15) is 5.75 Å². The van der Waals surface area contributed by atoms with E-state index in [2.05, 4.69) is 15.9 Å². The molecule has 0 radical (unpaired) electrons. The number of hydrogen-bond acceptors (Lipinski definition) is 3. The van der Waals surface area contributed by atoms with Crippen LogP contribution in [0, 0.1) is 0 Å². The molecule has 2 aromatic rings. The lowest BCUT2D eigenvalue weighted by Crippen LogP contribution is -2.02. The number of ether oxygens (including phenoxy) is 1. The standard InChI is InChI=1S/C14H14BrNO2S/c1-18-13-5-3-2-4-10(13)9-19(17)14-7-6-11(15)8-12(14)16/h2-8H,9,16H2,1H3. The van der Waals surface area contributed by atoms with Crippen molar-refractivity contribution < 1.29 is 8.95 Å². The van der Waals surface area contributed by atoms with Crippen molar-refractivity contribution in [2.24, 2.45) is 0 Å². The first-order chi connectivity index (χ1) is 9.11. The molecular formula is C14H14BrNO2S. The van der Waals surface area contributed by atoms with Crippen LogP contribution in [0.25, 0.3) is 0 Å². The Balaban J connectivity index is 2.26. The maximum Gasteiger partial charge on any atom is 0.122 e. The number of rotatable bonds is 4. The van der Waals surface area contributed by atoms with Gasteiger partial charge >= 0.3 is 0 Å². The normalized spacial score (nSPS) is 12.1. The number of nitrogen functional groups attached to an aromatic ring is 1. The van der Waals surface area contributed by atoms with Crippen molar-refractivity contribution in [3.05, 3.63) is 52.5 Å². The summed E-state index contributed by atoms with van der Waals surface area (Å²) in [7, 11) is 0.415. The van der Waals surface area contributed by atoms with Crippen LogP contribution in [0.3, 0.4) is 0 Å². The molecule has 0 aromatic heterocycles. The van der Waals surface area contributed by atoms with Gasteiger partial charge in [0.05, 0.1) is 28.6 Å². The molecule has 100 valence electrons. The molecule has 0 aliphatic rings. The summed E-state index contributed by atoms with van der Waals surface area (Å²) in [6.45, 7) is 0. The van der Waals surface area contributed by atoms with Crippen LogP contribution in [0.4, 0.5) is 5.69 Å². The highest BCUT2D eigenvalue weighted by molar-refractivity contribution is 9.10. The van der Waals surface area contributed by atoms with Gasteiger partial charge in [0.25, 0.3) is 0 Å². The van der Waals surface area contributed by atoms with Gasteiger partial charge in [-0.25, -0.2) is 0 Å². The van der Waals surface area contributed by atoms with Gasteiger partial charge in [-0.3, -0.25) is 4.21 Å². The van der Waals surface area contributed by atoms with Gasteiger partial charge in [-0.1, -0.05) is 34.1 Å². The van der Waals surface area contributed by atoms with E-state index in [4.69, 9.17) is 10.5 Å². The van der Waals surface area contributed by atoms with E-state index in [1.54, 1.807) is 19.2 Å². The molecule has 2 rings (SSSR count). The fourth-order valence-corrected chi connectivity index (χ4v) is 3.36. The summed E-state index contributed by atoms with van der Waals surface area (Å²) >= 11 is 3.34. The van der Waals surface area contributed by atoms with E-state index in [0.717, 1.165) is 15.8 Å². The highest BCUT2D eigenvalue weighted by atomic mass is 79.9. The van der Waals surface area contributed by atoms with E-state index < -0.39 is 10.8 Å². The summed E-state index contributed by atoms with van der Waals surface area (Å²) in [5.74, 6) is 1.13. The van der Waals surface area contributed by atoms with Gasteiger partial charge in [-0.05, 0) is 24.3 Å². The Bertz CT molecular complexity index is 616. The van der Waals surface area contributed by atoms with Crippen LogP contribution in [-0.2, 0) is 16.6 Å². The average Bonchev–Trinajstić information content (AvgIpc) is 2.39. The second-order valence-electron chi connectivity index (χ2n) is 3.98. The lowest BCUT2D eigenvalue weighted by atomic mass is 10.2. The van der Waals surface area contributed by atoms with Crippen LogP contribution in [0.15, 0.2) is 51.8 Å². The van der Waals surface area contributed by atoms with Crippen molar-refractivity contribution in [2.75, 3.05) is 12.8 Å². The van der Waals surface area contributed by atoms with Crippen LogP contribution < -0.4 is 10.5 Å². The van der Waals surface area contributed by atoms with E-state index in [1.165, 1.54) is 0 Å². The van der Waals surface area contributed by atoms with E-state index in [-0.39, 0.29) is 0 Å². The zero-order valence-electron chi connectivity index (χ0n) is 10.4. The lowest BCUT2D eigenvalue weighted by Gasteiger charge is -2.09. The van der Waals surface area contributed by atoms with Crippen LogP contribution in [0.1, 0.15) is 5.56 Å². The summed E-state index contributed by atoms with van der Waals surface area (Å²) in [6.07, 6.45) is 0. The molecule has 19 heavy (non-hydrogen) atoms. The summed E-state index contributed by atoms with van der Waals surface area (Å²) in [5, 5.41) is 0. The molecule has 2 aromatic carbocycles. The molecule has 0 bridgehead atoms. The highest BCUT2D eigenvalue weighted by Crippen LogP contribution is 2.26. The van der Waals surface area contributed by atoms with Crippen molar-refractivity contribution in [3.63, 3.8) is 0 Å². The Labute approximate surface area is 123 Å². The molecule has 0 saturated carbocycles. The minimum atomic E-state index is -1.19. The zero-order valence-corrected chi connectivity index (χ0v) is 12.8. The number of nitrogens with two attached hydrogens (primary N) is 1. The number of anilines is 1. The predicted molar refractivity (Wildman–Crippen MR) is 81.7 cm³/mol. The number of para-hydroxylation sites is 1. The van der Waals surface area contributed by atoms with Gasteiger partial charge in [-0.15, -0.1) is 0 Å². The molecule has 0 amide bonds. The quantitative estimate of drug-likeness (QED) is 0.869. The molecule has 1 atom stereocenters. The predicted octanol–water partition coefficient (Wildman–Crippen LogP) is 3.35. The summed E-state index contributed by atoms with van der Waals surface area (Å²) in [4.78, 5) is 0.647. The third-order valence-corrected chi connectivity index (χ3v) is 4.63. The minimum absolute atomic E-state index is 0.385. The number of halogens is 1. The Morgan fingerprint density at radius 1 is 1.26 bits per heavy atom. The third kappa shape index (κ3) is 3.36. The van der Waals surface area contributed by atoms with Crippen LogP contribution in [0.5, 0.6) is 5.75 Å². The fraction of sp³-hybridized carbons (Fsp3) is 0.143. The summed E-state index contributed by atoms with van der Waals surface area (Å²) < 4.78 is 18.5. The van der Waals surface area contributed by atoms with Crippen LogP contribution >= 0.6 is 15.9 Å². The molecule has 0 spiro atoms. The van der Waals surface area contributed by atoms with Crippen molar-refractivity contribution >= 4 is 32.4 Å². The highest BCUT2D eigenvalue weighted by Gasteiger charge is 2.11. The Morgan fingerprint density at radius 2 is 2.00 bits per heavy atom. The van der Waals surface area contributed by atoms with Gasteiger partial charge < -0.3 is 10.5 Å². The molecular weight excluding hydrogens is 326 g/mol. The van der Waals surface area contributed by atoms with E-state index >= 15 is 0 Å². The van der Waals surface area contributed by atoms with E-state index in [1.807, 2.05) is 30.3 Å². The van der Waals surface area contributed by atoms with Gasteiger partial charge in [0.2, 0.25) is 0 Å². The first-order valence-electron chi connectivity index (χ1n) is 5.67. The molecule has 2 N–H and O–H groups in total. The van der Waals surface area contributed by atoms with Crippen molar-refractivity contribution in [1.29, 1.82) is 0 Å². The first kappa shape index (κ1) is 14.1. The average molecular weight is 340 g/mol. The van der Waals surface area contributed by atoms with Crippen LogP contribution in [-0.4, -0.2) is 11.3 Å². The first-order valence-corrected chi connectivity index (χ1v) is 7.78. The molecule has 1 unspecified atom stereocenters. The number of methoxy groups -OCH3 is 1. The van der Waals surface area contributed by atoms with Gasteiger partial charge in [0.15, 0.2) is 0 Å². The van der Waals surface area contributed by atoms with Crippen LogP contribution in [0.2, 0.25) is 0 Å². The number of hydrogen-bond donors (Lipinski definition) is 1. The topological polar surface area (TPSA) is 52.3 Å². The second-order valence-corrected chi connectivity index (χ2v) is 6.32. The third-order valence-electron chi connectivity index (χ3n) is 2.70. The maximum absolute atomic E-state index is 12.4. The SMILES string of the molecule is COc1ccccc1CS(=O)c1ccc(Br)cc1N. The molecule has 0 heterocycles. The maximum atomic E-state index is 12.4.